The van der Waals surface area contributed by atoms with Crippen molar-refractivity contribution in [2.75, 3.05) is 0 Å². The highest BCUT2D eigenvalue weighted by Crippen LogP contribution is 2.26. The Morgan fingerprint density at radius 3 is 1.72 bits per heavy atom. The molecule has 0 amide bonds. The van der Waals surface area contributed by atoms with E-state index in [1.165, 1.54) is 11.1 Å². The number of hydrogen-bond acceptors (Lipinski definition) is 1. The van der Waals surface area contributed by atoms with E-state index in [1.54, 1.807) is 0 Å². The van der Waals surface area contributed by atoms with Crippen LogP contribution in [0.25, 0.3) is 21.8 Å². The number of benzene rings is 2. The van der Waals surface area contributed by atoms with Gasteiger partial charge in [-0.05, 0) is 53.6 Å². The SMILES string of the molecule is CCCCn1c2ccc(C(C)C)cc2c(=O)c2cc(C(C)C)ccc21. The maximum Gasteiger partial charge on any atom is 0.197 e. The summed E-state index contributed by atoms with van der Waals surface area (Å²) in [5, 5.41) is 1.71. The first-order valence-electron chi connectivity index (χ1n) is 9.54. The third kappa shape index (κ3) is 3.22. The highest BCUT2D eigenvalue weighted by atomic mass is 16.1. The van der Waals surface area contributed by atoms with Gasteiger partial charge in [-0.1, -0.05) is 53.2 Å². The van der Waals surface area contributed by atoms with E-state index in [9.17, 15) is 4.79 Å². The van der Waals surface area contributed by atoms with Crippen molar-refractivity contribution in [2.24, 2.45) is 0 Å². The van der Waals surface area contributed by atoms with E-state index >= 15 is 0 Å². The van der Waals surface area contributed by atoms with Gasteiger partial charge in [-0.2, -0.15) is 0 Å². The zero-order chi connectivity index (χ0) is 18.1. The second-order valence-corrected chi connectivity index (χ2v) is 7.70. The molecule has 3 rings (SSSR count). The van der Waals surface area contributed by atoms with Gasteiger partial charge in [0.15, 0.2) is 5.43 Å². The molecule has 0 saturated carbocycles. The Bertz CT molecular complexity index is 891. The molecular weight excluding hydrogens is 306 g/mol. The summed E-state index contributed by atoms with van der Waals surface area (Å²) in [5.74, 6) is 0.844. The van der Waals surface area contributed by atoms with Crippen LogP contribution in [0.4, 0.5) is 0 Å². The molecule has 1 heterocycles. The molecule has 0 aliphatic carbocycles. The highest BCUT2D eigenvalue weighted by molar-refractivity contribution is 5.94. The van der Waals surface area contributed by atoms with Gasteiger partial charge in [-0.15, -0.1) is 0 Å². The van der Waals surface area contributed by atoms with Gasteiger partial charge in [-0.3, -0.25) is 4.79 Å². The summed E-state index contributed by atoms with van der Waals surface area (Å²) in [6, 6.07) is 12.8. The van der Waals surface area contributed by atoms with Crippen LogP contribution in [0.2, 0.25) is 0 Å². The zero-order valence-electron chi connectivity index (χ0n) is 16.1. The molecule has 0 aliphatic rings. The molecule has 0 saturated heterocycles. The van der Waals surface area contributed by atoms with Crippen LogP contribution in [-0.2, 0) is 6.54 Å². The van der Waals surface area contributed by atoms with Crippen molar-refractivity contribution in [1.29, 1.82) is 0 Å². The van der Waals surface area contributed by atoms with Crippen LogP contribution in [0, 0.1) is 0 Å². The van der Waals surface area contributed by atoms with E-state index in [0.29, 0.717) is 11.8 Å². The van der Waals surface area contributed by atoms with E-state index in [2.05, 4.69) is 75.6 Å². The summed E-state index contributed by atoms with van der Waals surface area (Å²) >= 11 is 0. The van der Waals surface area contributed by atoms with Crippen molar-refractivity contribution in [3.63, 3.8) is 0 Å². The Hall–Kier alpha value is -2.09. The standard InChI is InChI=1S/C23H29NO/c1-6-7-12-24-21-10-8-17(15(2)3)13-19(21)23(25)20-14-18(16(4)5)9-11-22(20)24/h8-11,13-16H,6-7,12H2,1-5H3. The molecule has 2 nitrogen and oxygen atoms in total. The van der Waals surface area contributed by atoms with Gasteiger partial charge in [0.25, 0.3) is 0 Å². The van der Waals surface area contributed by atoms with E-state index in [1.807, 2.05) is 0 Å². The fraction of sp³-hybridized carbons (Fsp3) is 0.435. The first-order valence-corrected chi connectivity index (χ1v) is 9.54. The summed E-state index contributed by atoms with van der Waals surface area (Å²) in [6.07, 6.45) is 2.26. The summed E-state index contributed by atoms with van der Waals surface area (Å²) in [7, 11) is 0. The number of rotatable bonds is 5. The minimum atomic E-state index is 0.169. The van der Waals surface area contributed by atoms with Crippen LogP contribution in [-0.4, -0.2) is 4.57 Å². The number of unbranched alkanes of at least 4 members (excludes halogenated alkanes) is 1. The Morgan fingerprint density at radius 2 is 1.32 bits per heavy atom. The average molecular weight is 335 g/mol. The van der Waals surface area contributed by atoms with Gasteiger partial charge in [0, 0.05) is 17.3 Å². The maximum atomic E-state index is 13.3. The van der Waals surface area contributed by atoms with E-state index in [0.717, 1.165) is 41.2 Å². The zero-order valence-corrected chi connectivity index (χ0v) is 16.1. The average Bonchev–Trinajstić information content (AvgIpc) is 2.60. The molecule has 3 aromatic rings. The van der Waals surface area contributed by atoms with Crippen LogP contribution in [0.3, 0.4) is 0 Å². The second kappa shape index (κ2) is 7.03. The van der Waals surface area contributed by atoms with Gasteiger partial charge in [-0.25, -0.2) is 0 Å². The number of aromatic nitrogens is 1. The highest BCUT2D eigenvalue weighted by Gasteiger charge is 2.13. The van der Waals surface area contributed by atoms with Crippen molar-refractivity contribution in [2.45, 2.75) is 65.8 Å². The Kier molecular flexibility index (Phi) is 4.99. The van der Waals surface area contributed by atoms with E-state index < -0.39 is 0 Å². The normalized spacial score (nSPS) is 12.0. The largest absolute Gasteiger partial charge is 0.340 e. The number of pyridine rings is 1. The van der Waals surface area contributed by atoms with Crippen molar-refractivity contribution >= 4 is 21.8 Å². The van der Waals surface area contributed by atoms with Crippen LogP contribution < -0.4 is 5.43 Å². The molecule has 2 heteroatoms. The van der Waals surface area contributed by atoms with Gasteiger partial charge >= 0.3 is 0 Å². The Morgan fingerprint density at radius 1 is 0.840 bits per heavy atom. The minimum absolute atomic E-state index is 0.169. The van der Waals surface area contributed by atoms with E-state index in [4.69, 9.17) is 0 Å². The fourth-order valence-corrected chi connectivity index (χ4v) is 3.49. The molecule has 25 heavy (non-hydrogen) atoms. The van der Waals surface area contributed by atoms with Crippen LogP contribution in [0.15, 0.2) is 41.2 Å². The number of fused-ring (bicyclic) bond motifs is 2. The van der Waals surface area contributed by atoms with Crippen molar-refractivity contribution < 1.29 is 0 Å². The number of aryl methyl sites for hydroxylation is 1. The lowest BCUT2D eigenvalue weighted by molar-refractivity contribution is 0.662. The summed E-state index contributed by atoms with van der Waals surface area (Å²) in [4.78, 5) is 13.3. The smallest absolute Gasteiger partial charge is 0.197 e. The molecule has 0 N–H and O–H groups in total. The summed E-state index contributed by atoms with van der Waals surface area (Å²) in [6.45, 7) is 11.9. The van der Waals surface area contributed by atoms with Gasteiger partial charge in [0.05, 0.1) is 11.0 Å². The molecule has 0 spiro atoms. The number of nitrogens with zero attached hydrogens (tertiary/aromatic N) is 1. The number of hydrogen-bond donors (Lipinski definition) is 0. The quantitative estimate of drug-likeness (QED) is 0.509. The van der Waals surface area contributed by atoms with Crippen molar-refractivity contribution in [3.8, 4) is 0 Å². The molecule has 1 aromatic heterocycles. The second-order valence-electron chi connectivity index (χ2n) is 7.70. The predicted octanol–water partition coefficient (Wildman–Crippen LogP) is 6.20. The molecule has 0 unspecified atom stereocenters. The lowest BCUT2D eigenvalue weighted by Crippen LogP contribution is -2.13. The topological polar surface area (TPSA) is 22.0 Å². The monoisotopic (exact) mass is 335 g/mol. The van der Waals surface area contributed by atoms with Crippen molar-refractivity contribution in [3.05, 3.63) is 57.7 Å². The predicted molar refractivity (Wildman–Crippen MR) is 109 cm³/mol. The third-order valence-electron chi connectivity index (χ3n) is 5.18. The Balaban J connectivity index is 2.40. The summed E-state index contributed by atoms with van der Waals surface area (Å²) < 4.78 is 2.34. The van der Waals surface area contributed by atoms with Gasteiger partial charge in [0.2, 0.25) is 0 Å². The fourth-order valence-electron chi connectivity index (χ4n) is 3.49. The van der Waals surface area contributed by atoms with Crippen LogP contribution >= 0.6 is 0 Å². The summed E-state index contributed by atoms with van der Waals surface area (Å²) in [5.41, 5.74) is 4.75. The molecule has 0 radical (unpaired) electrons. The van der Waals surface area contributed by atoms with Crippen LogP contribution in [0.1, 0.15) is 70.4 Å². The third-order valence-corrected chi connectivity index (χ3v) is 5.18. The van der Waals surface area contributed by atoms with Gasteiger partial charge < -0.3 is 4.57 Å². The first kappa shape index (κ1) is 17.7. The van der Waals surface area contributed by atoms with Crippen molar-refractivity contribution in [1.82, 2.24) is 4.57 Å². The first-order chi connectivity index (χ1) is 11.9. The molecule has 0 atom stereocenters. The molecule has 0 fully saturated rings. The van der Waals surface area contributed by atoms with Crippen LogP contribution in [0.5, 0.6) is 0 Å². The molecular formula is C23H29NO. The molecule has 132 valence electrons. The molecule has 2 aromatic carbocycles. The maximum absolute atomic E-state index is 13.3. The van der Waals surface area contributed by atoms with Gasteiger partial charge in [0.1, 0.15) is 0 Å². The Labute approximate surface area is 150 Å². The molecule has 0 aliphatic heterocycles. The van der Waals surface area contributed by atoms with E-state index in [-0.39, 0.29) is 5.43 Å². The molecule has 0 bridgehead atoms. The minimum Gasteiger partial charge on any atom is -0.340 e. The lowest BCUT2D eigenvalue weighted by Gasteiger charge is -2.17. The lowest BCUT2D eigenvalue weighted by atomic mass is 9.97.